The van der Waals surface area contributed by atoms with Crippen molar-refractivity contribution in [2.45, 2.75) is 40.2 Å². The first-order valence-corrected chi connectivity index (χ1v) is 6.32. The van der Waals surface area contributed by atoms with Gasteiger partial charge in [0.05, 0.1) is 0 Å². The van der Waals surface area contributed by atoms with Crippen LogP contribution in [0, 0.1) is 20.8 Å². The lowest BCUT2D eigenvalue weighted by Gasteiger charge is -2.19. The van der Waals surface area contributed by atoms with Gasteiger partial charge in [0, 0.05) is 13.6 Å². The quantitative estimate of drug-likeness (QED) is 0.886. The smallest absolute Gasteiger partial charge is 0.250 e. The molecule has 1 aromatic rings. The van der Waals surface area contributed by atoms with E-state index in [9.17, 15) is 9.90 Å². The van der Waals surface area contributed by atoms with E-state index >= 15 is 0 Å². The van der Waals surface area contributed by atoms with Gasteiger partial charge in [-0.15, -0.1) is 0 Å². The molecule has 1 amide bonds. The van der Waals surface area contributed by atoms with Crippen LogP contribution in [-0.4, -0.2) is 35.6 Å². The normalized spacial score (nSPS) is 12.3. The number of carbonyl (C=O) groups excluding carboxylic acids is 1. The summed E-state index contributed by atoms with van der Waals surface area (Å²) in [7, 11) is 1.73. The number of likely N-dealkylation sites (N-methyl/N-ethyl adjacent to an activating group) is 1. The van der Waals surface area contributed by atoms with Crippen molar-refractivity contribution in [3.8, 4) is 0 Å². The Morgan fingerprint density at radius 2 is 1.78 bits per heavy atom. The zero-order chi connectivity index (χ0) is 13.9. The minimum Gasteiger partial charge on any atom is -0.384 e. The standard InChI is InChI=1S/C15H23NO2/c1-10-8-12(3)14(9-11(10)2)6-7-16(5)15(18)13(4)17/h8-9,13,17H,6-7H2,1-5H3. The molecule has 1 N–H and O–H groups in total. The highest BCUT2D eigenvalue weighted by molar-refractivity contribution is 5.79. The molecular formula is C15H23NO2. The summed E-state index contributed by atoms with van der Waals surface area (Å²) in [5.74, 6) is -0.225. The van der Waals surface area contributed by atoms with Crippen molar-refractivity contribution < 1.29 is 9.90 Å². The molecule has 0 aliphatic heterocycles. The highest BCUT2D eigenvalue weighted by atomic mass is 16.3. The summed E-state index contributed by atoms with van der Waals surface area (Å²) >= 11 is 0. The molecule has 0 bridgehead atoms. The van der Waals surface area contributed by atoms with Gasteiger partial charge in [-0.25, -0.2) is 0 Å². The third-order valence-electron chi connectivity index (χ3n) is 3.40. The molecule has 0 saturated heterocycles. The second kappa shape index (κ2) is 6.01. The number of amides is 1. The van der Waals surface area contributed by atoms with Crippen LogP contribution in [0.1, 0.15) is 29.2 Å². The van der Waals surface area contributed by atoms with Crippen molar-refractivity contribution in [1.82, 2.24) is 4.90 Å². The lowest BCUT2D eigenvalue weighted by molar-refractivity contribution is -0.137. The first-order chi connectivity index (χ1) is 8.32. The molecule has 3 heteroatoms. The number of rotatable bonds is 4. The van der Waals surface area contributed by atoms with Gasteiger partial charge in [-0.1, -0.05) is 12.1 Å². The lowest BCUT2D eigenvalue weighted by Crippen LogP contribution is -2.36. The van der Waals surface area contributed by atoms with Crippen molar-refractivity contribution in [3.63, 3.8) is 0 Å². The molecular weight excluding hydrogens is 226 g/mol. The summed E-state index contributed by atoms with van der Waals surface area (Å²) in [6.07, 6.45) is -0.0992. The molecule has 1 atom stereocenters. The largest absolute Gasteiger partial charge is 0.384 e. The van der Waals surface area contributed by atoms with Gasteiger partial charge in [-0.05, 0) is 56.4 Å². The minimum absolute atomic E-state index is 0.225. The fourth-order valence-corrected chi connectivity index (χ4v) is 2.01. The summed E-state index contributed by atoms with van der Waals surface area (Å²) in [5.41, 5.74) is 5.10. The number of nitrogens with zero attached hydrogens (tertiary/aromatic N) is 1. The van der Waals surface area contributed by atoms with E-state index in [1.807, 2.05) is 0 Å². The molecule has 0 radical (unpaired) electrons. The molecule has 0 aromatic heterocycles. The second-order valence-electron chi connectivity index (χ2n) is 5.05. The molecule has 0 fully saturated rings. The van der Waals surface area contributed by atoms with Gasteiger partial charge in [0.25, 0.3) is 5.91 Å². The summed E-state index contributed by atoms with van der Waals surface area (Å²) in [6, 6.07) is 4.37. The van der Waals surface area contributed by atoms with Crippen LogP contribution in [0.3, 0.4) is 0 Å². The zero-order valence-electron chi connectivity index (χ0n) is 11.9. The molecule has 0 aliphatic carbocycles. The van der Waals surface area contributed by atoms with Crippen LogP contribution in [-0.2, 0) is 11.2 Å². The minimum atomic E-state index is -0.921. The number of aliphatic hydroxyl groups excluding tert-OH is 1. The predicted octanol–water partition coefficient (Wildman–Crippen LogP) is 1.99. The predicted molar refractivity (Wildman–Crippen MR) is 73.7 cm³/mol. The Labute approximate surface area is 109 Å². The Morgan fingerprint density at radius 3 is 2.33 bits per heavy atom. The monoisotopic (exact) mass is 249 g/mol. The van der Waals surface area contributed by atoms with E-state index in [1.54, 1.807) is 11.9 Å². The van der Waals surface area contributed by atoms with E-state index in [4.69, 9.17) is 0 Å². The Morgan fingerprint density at radius 1 is 1.22 bits per heavy atom. The van der Waals surface area contributed by atoms with E-state index in [0.29, 0.717) is 6.54 Å². The molecule has 1 rings (SSSR count). The van der Waals surface area contributed by atoms with E-state index in [1.165, 1.54) is 29.2 Å². The number of hydrogen-bond donors (Lipinski definition) is 1. The van der Waals surface area contributed by atoms with Gasteiger partial charge >= 0.3 is 0 Å². The maximum absolute atomic E-state index is 11.5. The van der Waals surface area contributed by atoms with Crippen LogP contribution >= 0.6 is 0 Å². The number of aliphatic hydroxyl groups is 1. The van der Waals surface area contributed by atoms with Gasteiger partial charge < -0.3 is 10.0 Å². The molecule has 18 heavy (non-hydrogen) atoms. The van der Waals surface area contributed by atoms with Gasteiger partial charge in [-0.3, -0.25) is 4.79 Å². The molecule has 0 aliphatic rings. The molecule has 100 valence electrons. The van der Waals surface area contributed by atoms with E-state index < -0.39 is 6.10 Å². The van der Waals surface area contributed by atoms with Crippen LogP contribution in [0.4, 0.5) is 0 Å². The van der Waals surface area contributed by atoms with Crippen LogP contribution in [0.5, 0.6) is 0 Å². The Balaban J connectivity index is 2.69. The van der Waals surface area contributed by atoms with Crippen LogP contribution < -0.4 is 0 Å². The molecule has 0 saturated carbocycles. The molecule has 3 nitrogen and oxygen atoms in total. The van der Waals surface area contributed by atoms with Gasteiger partial charge in [0.1, 0.15) is 6.10 Å². The zero-order valence-corrected chi connectivity index (χ0v) is 11.9. The number of carbonyl (C=O) groups is 1. The van der Waals surface area contributed by atoms with Crippen LogP contribution in [0.15, 0.2) is 12.1 Å². The third kappa shape index (κ3) is 3.57. The van der Waals surface area contributed by atoms with Crippen molar-refractivity contribution >= 4 is 5.91 Å². The fourth-order valence-electron chi connectivity index (χ4n) is 2.01. The average molecular weight is 249 g/mol. The number of benzene rings is 1. The van der Waals surface area contributed by atoms with Gasteiger partial charge in [0.15, 0.2) is 0 Å². The van der Waals surface area contributed by atoms with E-state index in [-0.39, 0.29) is 5.91 Å². The fraction of sp³-hybridized carbons (Fsp3) is 0.533. The molecule has 1 unspecified atom stereocenters. The van der Waals surface area contributed by atoms with Crippen molar-refractivity contribution in [3.05, 3.63) is 34.4 Å². The Hall–Kier alpha value is -1.35. The molecule has 1 aromatic carbocycles. The molecule has 0 spiro atoms. The summed E-state index contributed by atoms with van der Waals surface area (Å²) in [6.45, 7) is 8.43. The Kier molecular flexibility index (Phi) is 4.91. The number of aryl methyl sites for hydroxylation is 3. The first kappa shape index (κ1) is 14.7. The SMILES string of the molecule is Cc1cc(C)c(CCN(C)C(=O)C(C)O)cc1C. The summed E-state index contributed by atoms with van der Waals surface area (Å²) in [5, 5.41) is 9.23. The van der Waals surface area contributed by atoms with Crippen molar-refractivity contribution in [2.75, 3.05) is 13.6 Å². The average Bonchev–Trinajstić information content (AvgIpc) is 2.30. The van der Waals surface area contributed by atoms with Crippen molar-refractivity contribution in [2.24, 2.45) is 0 Å². The Bertz CT molecular complexity index is 438. The topological polar surface area (TPSA) is 40.5 Å². The van der Waals surface area contributed by atoms with Crippen LogP contribution in [0.25, 0.3) is 0 Å². The maximum Gasteiger partial charge on any atom is 0.250 e. The number of hydrogen-bond acceptors (Lipinski definition) is 2. The van der Waals surface area contributed by atoms with E-state index in [0.717, 1.165) is 6.42 Å². The summed E-state index contributed by atoms with van der Waals surface area (Å²) in [4.78, 5) is 13.1. The highest BCUT2D eigenvalue weighted by Gasteiger charge is 2.14. The second-order valence-corrected chi connectivity index (χ2v) is 5.05. The van der Waals surface area contributed by atoms with Gasteiger partial charge in [-0.2, -0.15) is 0 Å². The summed E-state index contributed by atoms with van der Waals surface area (Å²) < 4.78 is 0. The highest BCUT2D eigenvalue weighted by Crippen LogP contribution is 2.16. The molecule has 0 heterocycles. The first-order valence-electron chi connectivity index (χ1n) is 6.32. The van der Waals surface area contributed by atoms with Gasteiger partial charge in [0.2, 0.25) is 0 Å². The van der Waals surface area contributed by atoms with E-state index in [2.05, 4.69) is 32.9 Å². The van der Waals surface area contributed by atoms with Crippen molar-refractivity contribution in [1.29, 1.82) is 0 Å². The lowest BCUT2D eigenvalue weighted by atomic mass is 9.99. The van der Waals surface area contributed by atoms with Crippen LogP contribution in [0.2, 0.25) is 0 Å². The maximum atomic E-state index is 11.5. The third-order valence-corrected chi connectivity index (χ3v) is 3.40.